The number of amides is 1. The molecule has 1 amide bonds. The van der Waals surface area contributed by atoms with E-state index in [0.717, 1.165) is 19.3 Å². The minimum absolute atomic E-state index is 0.0236. The first-order valence-electron chi connectivity index (χ1n) is 8.66. The van der Waals surface area contributed by atoms with E-state index in [4.69, 9.17) is 16.3 Å². The second-order valence-corrected chi connectivity index (χ2v) is 8.53. The van der Waals surface area contributed by atoms with Gasteiger partial charge in [0.1, 0.15) is 0 Å². The van der Waals surface area contributed by atoms with Crippen LogP contribution in [-0.2, 0) is 19.6 Å². The summed E-state index contributed by atoms with van der Waals surface area (Å²) in [5.74, 6) is -1.35. The Morgan fingerprint density at radius 2 is 2.00 bits per heavy atom. The van der Waals surface area contributed by atoms with Gasteiger partial charge in [0, 0.05) is 19.6 Å². The number of carbonyl (C=O) groups excluding carboxylic acids is 2. The summed E-state index contributed by atoms with van der Waals surface area (Å²) in [5, 5.41) is 2.56. The van der Waals surface area contributed by atoms with E-state index in [1.165, 1.54) is 35.5 Å². The Bertz CT molecular complexity index is 819. The molecule has 1 aliphatic heterocycles. The molecule has 0 bridgehead atoms. The average molecular weight is 415 g/mol. The zero-order valence-corrected chi connectivity index (χ0v) is 16.7. The summed E-state index contributed by atoms with van der Waals surface area (Å²) in [6.07, 6.45) is 3.04. The molecule has 27 heavy (non-hydrogen) atoms. The number of esters is 1. The van der Waals surface area contributed by atoms with Gasteiger partial charge < -0.3 is 10.1 Å². The summed E-state index contributed by atoms with van der Waals surface area (Å²) in [7, 11) is -3.72. The molecule has 1 aliphatic rings. The number of sulfonamides is 1. The number of rotatable bonds is 7. The number of benzene rings is 1. The topological polar surface area (TPSA) is 92.8 Å². The number of nitrogens with zero attached hydrogens (tertiary/aromatic N) is 1. The Labute approximate surface area is 164 Å². The maximum atomic E-state index is 12.8. The highest BCUT2D eigenvalue weighted by atomic mass is 35.5. The van der Waals surface area contributed by atoms with Gasteiger partial charge in [-0.3, -0.25) is 4.79 Å². The molecule has 9 heteroatoms. The van der Waals surface area contributed by atoms with E-state index < -0.39 is 28.0 Å². The van der Waals surface area contributed by atoms with E-state index in [2.05, 4.69) is 11.9 Å². The summed E-state index contributed by atoms with van der Waals surface area (Å²) in [6.45, 7) is 6.04. The molecule has 1 fully saturated rings. The van der Waals surface area contributed by atoms with Crippen molar-refractivity contribution in [1.82, 2.24) is 9.62 Å². The molecule has 1 aromatic rings. The van der Waals surface area contributed by atoms with Gasteiger partial charge in [0.25, 0.3) is 5.91 Å². The predicted octanol–water partition coefficient (Wildman–Crippen LogP) is 2.36. The quantitative estimate of drug-likeness (QED) is 0.546. The number of nitrogens with one attached hydrogen (secondary N) is 1. The normalized spacial score (nSPS) is 16.4. The van der Waals surface area contributed by atoms with E-state index in [-0.39, 0.29) is 22.0 Å². The number of ether oxygens (including phenoxy) is 1. The Balaban J connectivity index is 2.20. The van der Waals surface area contributed by atoms with Crippen molar-refractivity contribution in [3.05, 3.63) is 41.4 Å². The molecule has 0 aliphatic carbocycles. The van der Waals surface area contributed by atoms with Gasteiger partial charge in [-0.05, 0) is 38.0 Å². The molecular weight excluding hydrogens is 392 g/mol. The van der Waals surface area contributed by atoms with Crippen LogP contribution in [0, 0.1) is 0 Å². The van der Waals surface area contributed by atoms with E-state index in [1.54, 1.807) is 0 Å². The number of carbonyl (C=O) groups is 2. The van der Waals surface area contributed by atoms with Crippen LogP contribution in [0.15, 0.2) is 35.7 Å². The first-order chi connectivity index (χ1) is 12.8. The first kappa shape index (κ1) is 21.4. The number of halogens is 1. The monoisotopic (exact) mass is 414 g/mol. The fourth-order valence-corrected chi connectivity index (χ4v) is 4.41. The maximum absolute atomic E-state index is 12.8. The Morgan fingerprint density at radius 3 is 2.63 bits per heavy atom. The molecular formula is C18H23ClN2O5S. The summed E-state index contributed by atoms with van der Waals surface area (Å²) >= 11 is 6.05. The molecule has 0 aromatic heterocycles. The van der Waals surface area contributed by atoms with E-state index >= 15 is 0 Å². The minimum atomic E-state index is -3.72. The van der Waals surface area contributed by atoms with Crippen LogP contribution in [-0.4, -0.2) is 50.3 Å². The van der Waals surface area contributed by atoms with Crippen molar-refractivity contribution in [3.8, 4) is 0 Å². The number of hydrogen-bond donors (Lipinski definition) is 1. The summed E-state index contributed by atoms with van der Waals surface area (Å²) < 4.78 is 32.1. The summed E-state index contributed by atoms with van der Waals surface area (Å²) in [5.41, 5.74) is -0.0990. The molecule has 7 nitrogen and oxygen atoms in total. The Morgan fingerprint density at radius 1 is 1.33 bits per heavy atom. The standard InChI is InChI=1S/C18H23ClN2O5S/c1-3-9-20-17(22)13(2)26-18(23)15-12-14(7-8-16(15)19)27(24,25)21-10-5-4-6-11-21/h3,7-8,12-13H,1,4-6,9-11H2,2H3,(H,20,22)/t13-/m1/s1. The zero-order valence-electron chi connectivity index (χ0n) is 15.1. The minimum Gasteiger partial charge on any atom is -0.449 e. The van der Waals surface area contributed by atoms with Crippen molar-refractivity contribution >= 4 is 33.5 Å². The maximum Gasteiger partial charge on any atom is 0.340 e. The third-order valence-electron chi connectivity index (χ3n) is 4.18. The van der Waals surface area contributed by atoms with Gasteiger partial charge in [-0.15, -0.1) is 6.58 Å². The molecule has 1 aromatic carbocycles. The van der Waals surface area contributed by atoms with Gasteiger partial charge in [-0.25, -0.2) is 13.2 Å². The summed E-state index contributed by atoms with van der Waals surface area (Å²) in [6, 6.07) is 3.91. The fourth-order valence-electron chi connectivity index (χ4n) is 2.67. The van der Waals surface area contributed by atoms with Gasteiger partial charge in [0.2, 0.25) is 10.0 Å². The Kier molecular flexibility index (Phi) is 7.41. The van der Waals surface area contributed by atoms with Crippen LogP contribution in [0.2, 0.25) is 5.02 Å². The molecule has 1 atom stereocenters. The molecule has 1 N–H and O–H groups in total. The lowest BCUT2D eigenvalue weighted by Gasteiger charge is -2.26. The van der Waals surface area contributed by atoms with Crippen molar-refractivity contribution in [3.63, 3.8) is 0 Å². The van der Waals surface area contributed by atoms with Gasteiger partial charge >= 0.3 is 5.97 Å². The van der Waals surface area contributed by atoms with Crippen LogP contribution in [0.3, 0.4) is 0 Å². The van der Waals surface area contributed by atoms with Crippen LogP contribution in [0.5, 0.6) is 0 Å². The fraction of sp³-hybridized carbons (Fsp3) is 0.444. The third-order valence-corrected chi connectivity index (χ3v) is 6.41. The zero-order chi connectivity index (χ0) is 20.0. The smallest absolute Gasteiger partial charge is 0.340 e. The van der Waals surface area contributed by atoms with Crippen LogP contribution in [0.25, 0.3) is 0 Å². The molecule has 148 valence electrons. The highest BCUT2D eigenvalue weighted by Crippen LogP contribution is 2.25. The number of piperidine rings is 1. The highest BCUT2D eigenvalue weighted by molar-refractivity contribution is 7.89. The second-order valence-electron chi connectivity index (χ2n) is 6.19. The molecule has 1 heterocycles. The lowest BCUT2D eigenvalue weighted by atomic mass is 10.2. The third kappa shape index (κ3) is 5.31. The molecule has 0 spiro atoms. The highest BCUT2D eigenvalue weighted by Gasteiger charge is 2.28. The lowest BCUT2D eigenvalue weighted by molar-refractivity contribution is -0.128. The number of hydrogen-bond acceptors (Lipinski definition) is 5. The molecule has 0 radical (unpaired) electrons. The van der Waals surface area contributed by atoms with Crippen molar-refractivity contribution in [2.75, 3.05) is 19.6 Å². The van der Waals surface area contributed by atoms with Gasteiger partial charge in [0.05, 0.1) is 15.5 Å². The van der Waals surface area contributed by atoms with E-state index in [9.17, 15) is 18.0 Å². The van der Waals surface area contributed by atoms with Crippen molar-refractivity contribution in [2.45, 2.75) is 37.2 Å². The van der Waals surface area contributed by atoms with Crippen molar-refractivity contribution in [1.29, 1.82) is 0 Å². The lowest BCUT2D eigenvalue weighted by Crippen LogP contribution is -2.36. The Hall–Kier alpha value is -1.90. The predicted molar refractivity (Wildman–Crippen MR) is 102 cm³/mol. The largest absolute Gasteiger partial charge is 0.449 e. The second kappa shape index (κ2) is 9.34. The molecule has 0 unspecified atom stereocenters. The van der Waals surface area contributed by atoms with E-state index in [1.807, 2.05) is 0 Å². The van der Waals surface area contributed by atoms with Crippen LogP contribution in [0.1, 0.15) is 36.5 Å². The SMILES string of the molecule is C=CCNC(=O)[C@@H](C)OC(=O)c1cc(S(=O)(=O)N2CCCCC2)ccc1Cl. The van der Waals surface area contributed by atoms with Gasteiger partial charge in [0.15, 0.2) is 6.10 Å². The van der Waals surface area contributed by atoms with E-state index in [0.29, 0.717) is 13.1 Å². The van der Waals surface area contributed by atoms with Crippen LogP contribution in [0.4, 0.5) is 0 Å². The van der Waals surface area contributed by atoms with Crippen LogP contribution < -0.4 is 5.32 Å². The molecule has 0 saturated carbocycles. The molecule has 2 rings (SSSR count). The van der Waals surface area contributed by atoms with Crippen LogP contribution >= 0.6 is 11.6 Å². The van der Waals surface area contributed by atoms with Gasteiger partial charge in [-0.1, -0.05) is 24.1 Å². The molecule has 1 saturated heterocycles. The van der Waals surface area contributed by atoms with Crippen molar-refractivity contribution in [2.24, 2.45) is 0 Å². The average Bonchev–Trinajstić information content (AvgIpc) is 2.66. The van der Waals surface area contributed by atoms with Gasteiger partial charge in [-0.2, -0.15) is 4.31 Å². The van der Waals surface area contributed by atoms with Crippen molar-refractivity contribution < 1.29 is 22.7 Å². The summed E-state index contributed by atoms with van der Waals surface area (Å²) in [4.78, 5) is 24.2. The first-order valence-corrected chi connectivity index (χ1v) is 10.5.